The number of benzene rings is 1. The zero-order chi connectivity index (χ0) is 19.8. The standard InChI is InChI=1S/C19H25FN2O5/c1-27-18(25)7-3-6-17(24)22-15-9-13(10-16(15)23)19(26)21-11-12-4-2-5-14(20)8-12/h2,4-5,8,13,15-16,23H,3,6-7,9-11H2,1H3,(H,21,26)(H,22,24)/t13-,15-,16-/m0/s1. The topological polar surface area (TPSA) is 105 Å². The van der Waals surface area contributed by atoms with Crippen molar-refractivity contribution < 1.29 is 28.6 Å². The van der Waals surface area contributed by atoms with Gasteiger partial charge in [-0.2, -0.15) is 0 Å². The van der Waals surface area contributed by atoms with Gasteiger partial charge in [-0.15, -0.1) is 0 Å². The van der Waals surface area contributed by atoms with E-state index < -0.39 is 18.1 Å². The lowest BCUT2D eigenvalue weighted by molar-refractivity contribution is -0.140. The second-order valence-corrected chi connectivity index (χ2v) is 6.69. The molecule has 0 heterocycles. The van der Waals surface area contributed by atoms with Gasteiger partial charge >= 0.3 is 5.97 Å². The number of nitrogens with one attached hydrogen (secondary N) is 2. The van der Waals surface area contributed by atoms with Crippen molar-refractivity contribution in [3.05, 3.63) is 35.6 Å². The van der Waals surface area contributed by atoms with Crippen molar-refractivity contribution in [1.29, 1.82) is 0 Å². The molecule has 3 N–H and O–H groups in total. The maximum atomic E-state index is 13.2. The van der Waals surface area contributed by atoms with E-state index in [-0.39, 0.29) is 49.4 Å². The summed E-state index contributed by atoms with van der Waals surface area (Å²) in [5.74, 6) is -1.68. The predicted molar refractivity (Wildman–Crippen MR) is 94.8 cm³/mol. The molecule has 1 aliphatic carbocycles. The summed E-state index contributed by atoms with van der Waals surface area (Å²) in [4.78, 5) is 35.2. The molecule has 1 saturated carbocycles. The quantitative estimate of drug-likeness (QED) is 0.585. The van der Waals surface area contributed by atoms with Crippen LogP contribution < -0.4 is 10.6 Å². The maximum Gasteiger partial charge on any atom is 0.305 e. The zero-order valence-electron chi connectivity index (χ0n) is 15.2. The molecule has 0 aromatic heterocycles. The highest BCUT2D eigenvalue weighted by atomic mass is 19.1. The number of halogens is 1. The van der Waals surface area contributed by atoms with Crippen molar-refractivity contribution in [3.63, 3.8) is 0 Å². The molecule has 7 nitrogen and oxygen atoms in total. The van der Waals surface area contributed by atoms with Crippen LogP contribution in [-0.2, 0) is 25.7 Å². The first-order chi connectivity index (χ1) is 12.9. The highest BCUT2D eigenvalue weighted by Gasteiger charge is 2.37. The summed E-state index contributed by atoms with van der Waals surface area (Å²) in [7, 11) is 1.29. The van der Waals surface area contributed by atoms with Crippen molar-refractivity contribution >= 4 is 17.8 Å². The number of aliphatic hydroxyl groups is 1. The van der Waals surface area contributed by atoms with Gasteiger partial charge in [-0.1, -0.05) is 12.1 Å². The van der Waals surface area contributed by atoms with E-state index in [1.165, 1.54) is 19.2 Å². The number of carbonyl (C=O) groups excluding carboxylic acids is 3. The summed E-state index contributed by atoms with van der Waals surface area (Å²) in [5, 5.41) is 15.6. The molecule has 0 spiro atoms. The number of rotatable bonds is 8. The Hall–Kier alpha value is -2.48. The van der Waals surface area contributed by atoms with E-state index in [1.54, 1.807) is 12.1 Å². The fourth-order valence-corrected chi connectivity index (χ4v) is 3.14. The average Bonchev–Trinajstić information content (AvgIpc) is 3.00. The predicted octanol–water partition coefficient (Wildman–Crippen LogP) is 1.04. The first-order valence-electron chi connectivity index (χ1n) is 8.95. The second-order valence-electron chi connectivity index (χ2n) is 6.69. The Balaban J connectivity index is 1.75. The van der Waals surface area contributed by atoms with Gasteiger partial charge in [-0.3, -0.25) is 14.4 Å². The highest BCUT2D eigenvalue weighted by molar-refractivity contribution is 5.80. The minimum absolute atomic E-state index is 0.148. The van der Waals surface area contributed by atoms with Crippen molar-refractivity contribution in [2.24, 2.45) is 5.92 Å². The molecule has 2 amide bonds. The van der Waals surface area contributed by atoms with Crippen LogP contribution in [-0.4, -0.2) is 42.1 Å². The molecule has 0 radical (unpaired) electrons. The van der Waals surface area contributed by atoms with Gasteiger partial charge in [-0.25, -0.2) is 4.39 Å². The fraction of sp³-hybridized carbons (Fsp3) is 0.526. The molecule has 0 aliphatic heterocycles. The van der Waals surface area contributed by atoms with E-state index in [0.29, 0.717) is 18.4 Å². The normalized spacial score (nSPS) is 21.5. The van der Waals surface area contributed by atoms with E-state index in [1.807, 2.05) is 0 Å². The number of carbonyl (C=O) groups is 3. The van der Waals surface area contributed by atoms with Crippen molar-refractivity contribution in [2.75, 3.05) is 7.11 Å². The summed E-state index contributed by atoms with van der Waals surface area (Å²) >= 11 is 0. The zero-order valence-corrected chi connectivity index (χ0v) is 15.2. The molecule has 1 aromatic rings. The highest BCUT2D eigenvalue weighted by Crippen LogP contribution is 2.26. The summed E-state index contributed by atoms with van der Waals surface area (Å²) in [6.07, 6.45) is 0.441. The number of aliphatic hydroxyl groups excluding tert-OH is 1. The van der Waals surface area contributed by atoms with E-state index in [4.69, 9.17) is 0 Å². The third kappa shape index (κ3) is 6.63. The summed E-state index contributed by atoms with van der Waals surface area (Å²) in [6, 6.07) is 5.46. The first-order valence-corrected chi connectivity index (χ1v) is 8.95. The van der Waals surface area contributed by atoms with Crippen LogP contribution in [0.3, 0.4) is 0 Å². The molecular formula is C19H25FN2O5. The van der Waals surface area contributed by atoms with Gasteiger partial charge in [0.15, 0.2) is 0 Å². The third-order valence-corrected chi connectivity index (χ3v) is 4.61. The Morgan fingerprint density at radius 3 is 2.74 bits per heavy atom. The summed E-state index contributed by atoms with van der Waals surface area (Å²) in [6.45, 7) is 0.202. The van der Waals surface area contributed by atoms with Gasteiger partial charge in [0.05, 0.1) is 19.3 Å². The van der Waals surface area contributed by atoms with Gasteiger partial charge in [-0.05, 0) is 37.0 Å². The van der Waals surface area contributed by atoms with E-state index in [9.17, 15) is 23.9 Å². The molecule has 0 bridgehead atoms. The molecule has 2 rings (SSSR count). The Kier molecular flexibility index (Phi) is 7.72. The number of methoxy groups -OCH3 is 1. The number of amides is 2. The third-order valence-electron chi connectivity index (χ3n) is 4.61. The van der Waals surface area contributed by atoms with E-state index >= 15 is 0 Å². The lowest BCUT2D eigenvalue weighted by Gasteiger charge is -2.16. The number of hydrogen-bond donors (Lipinski definition) is 3. The molecule has 0 saturated heterocycles. The van der Waals surface area contributed by atoms with Crippen molar-refractivity contribution in [3.8, 4) is 0 Å². The molecule has 1 fully saturated rings. The van der Waals surface area contributed by atoms with Crippen LogP contribution in [0.25, 0.3) is 0 Å². The average molecular weight is 380 g/mol. The van der Waals surface area contributed by atoms with Gasteiger partial charge in [0.2, 0.25) is 11.8 Å². The fourth-order valence-electron chi connectivity index (χ4n) is 3.14. The molecule has 148 valence electrons. The lowest BCUT2D eigenvalue weighted by Crippen LogP contribution is -2.40. The number of ether oxygens (including phenoxy) is 1. The van der Waals surface area contributed by atoms with Crippen molar-refractivity contribution in [1.82, 2.24) is 10.6 Å². The molecule has 0 unspecified atom stereocenters. The van der Waals surface area contributed by atoms with Gasteiger partial charge in [0.25, 0.3) is 0 Å². The maximum absolute atomic E-state index is 13.2. The Bertz CT molecular complexity index is 682. The number of hydrogen-bond acceptors (Lipinski definition) is 5. The Labute approximate surface area is 157 Å². The SMILES string of the molecule is COC(=O)CCCC(=O)N[C@H]1C[C@H](C(=O)NCc2cccc(F)c2)C[C@@H]1O. The van der Waals surface area contributed by atoms with Crippen LogP contribution in [0.2, 0.25) is 0 Å². The Morgan fingerprint density at radius 2 is 2.04 bits per heavy atom. The lowest BCUT2D eigenvalue weighted by atomic mass is 10.1. The van der Waals surface area contributed by atoms with Gasteiger partial charge in [0, 0.05) is 25.3 Å². The second kappa shape index (κ2) is 10.0. The minimum atomic E-state index is -0.806. The molecule has 3 atom stereocenters. The number of esters is 1. The van der Waals surface area contributed by atoms with Crippen LogP contribution >= 0.6 is 0 Å². The van der Waals surface area contributed by atoms with Crippen LogP contribution in [0.15, 0.2) is 24.3 Å². The molecule has 27 heavy (non-hydrogen) atoms. The molecule has 1 aliphatic rings. The van der Waals surface area contributed by atoms with Crippen molar-refractivity contribution in [2.45, 2.75) is 50.8 Å². The molecular weight excluding hydrogens is 355 g/mol. The van der Waals surface area contributed by atoms with E-state index in [2.05, 4.69) is 15.4 Å². The van der Waals surface area contributed by atoms with Gasteiger partial charge < -0.3 is 20.5 Å². The first kappa shape index (κ1) is 20.8. The minimum Gasteiger partial charge on any atom is -0.469 e. The molecule has 1 aromatic carbocycles. The largest absolute Gasteiger partial charge is 0.469 e. The van der Waals surface area contributed by atoms with Crippen LogP contribution in [0.4, 0.5) is 4.39 Å². The summed E-state index contributed by atoms with van der Waals surface area (Å²) in [5.41, 5.74) is 0.650. The molecule has 8 heteroatoms. The smallest absolute Gasteiger partial charge is 0.305 e. The monoisotopic (exact) mass is 380 g/mol. The summed E-state index contributed by atoms with van der Waals surface area (Å²) < 4.78 is 17.7. The van der Waals surface area contributed by atoms with Crippen LogP contribution in [0.5, 0.6) is 0 Å². The van der Waals surface area contributed by atoms with Crippen LogP contribution in [0, 0.1) is 11.7 Å². The Morgan fingerprint density at radius 1 is 1.26 bits per heavy atom. The van der Waals surface area contributed by atoms with Gasteiger partial charge in [0.1, 0.15) is 5.82 Å². The van der Waals surface area contributed by atoms with Crippen LogP contribution in [0.1, 0.15) is 37.7 Å². The van der Waals surface area contributed by atoms with E-state index in [0.717, 1.165) is 0 Å².